The zero-order valence-electron chi connectivity index (χ0n) is 9.40. The molecule has 0 saturated carbocycles. The Morgan fingerprint density at radius 1 is 0.800 bits per heavy atom. The third-order valence-electron chi connectivity index (χ3n) is 2.27. The number of rotatable bonds is 2. The molecule has 1 rings (SSSR count). The second-order valence-electron chi connectivity index (χ2n) is 3.70. The van der Waals surface area contributed by atoms with E-state index < -0.39 is 41.5 Å². The van der Waals surface area contributed by atoms with Crippen molar-refractivity contribution < 1.29 is 35.1 Å². The van der Waals surface area contributed by atoms with E-state index >= 15 is 0 Å². The summed E-state index contributed by atoms with van der Waals surface area (Å²) in [5.74, 6) is 0. The first-order valence-corrected chi connectivity index (χ1v) is 4.76. The zero-order chi connectivity index (χ0) is 15.0. The molecule has 1 nitrogen and oxygen atoms in total. The maximum Gasteiger partial charge on any atom is 0.416 e. The summed E-state index contributed by atoms with van der Waals surface area (Å²) in [6, 6.07) is -2.00. The first-order chi connectivity index (χ1) is 8.43. The Kier molecular flexibility index (Phi) is 5.79. The summed E-state index contributed by atoms with van der Waals surface area (Å²) in [6.07, 6.45) is -13.4. The van der Waals surface area contributed by atoms with Crippen LogP contribution in [0, 0.1) is 0 Å². The number of hydrogen-bond acceptors (Lipinski definition) is 1. The first kappa shape index (κ1) is 18.9. The summed E-state index contributed by atoms with van der Waals surface area (Å²) >= 11 is 0. The Bertz CT molecular complexity index is 421. The van der Waals surface area contributed by atoms with Crippen molar-refractivity contribution in [2.24, 2.45) is 5.73 Å². The number of hydrogen-bond donors (Lipinski definition) is 1. The Balaban J connectivity index is 0.00000361. The molecule has 1 atom stereocenters. The van der Waals surface area contributed by atoms with Crippen LogP contribution in [0.5, 0.6) is 0 Å². The molecule has 0 spiro atoms. The van der Waals surface area contributed by atoms with Gasteiger partial charge in [-0.25, -0.2) is 8.78 Å². The summed E-state index contributed by atoms with van der Waals surface area (Å²) < 4.78 is 99.0. The van der Waals surface area contributed by atoms with Crippen LogP contribution in [0.1, 0.15) is 22.7 Å². The van der Waals surface area contributed by atoms with Gasteiger partial charge in [0, 0.05) is 0 Å². The Morgan fingerprint density at radius 3 is 1.40 bits per heavy atom. The molecule has 0 bridgehead atoms. The lowest BCUT2D eigenvalue weighted by atomic mass is 10.0. The van der Waals surface area contributed by atoms with E-state index in [4.69, 9.17) is 5.73 Å². The standard InChI is InChI=1S/C10H7F8N.ClH/c11-8(12)7(19)4-1-5(9(13,14)15)3-6(2-4)10(16,17)18;/h1-3,7-8H,19H2;1H/t7-;/m0./s1. The summed E-state index contributed by atoms with van der Waals surface area (Å²) in [4.78, 5) is 0. The van der Waals surface area contributed by atoms with Gasteiger partial charge in [-0.1, -0.05) is 0 Å². The van der Waals surface area contributed by atoms with Gasteiger partial charge in [-0.15, -0.1) is 12.4 Å². The average Bonchev–Trinajstić information content (AvgIpc) is 2.24. The van der Waals surface area contributed by atoms with Crippen LogP contribution in [0.15, 0.2) is 18.2 Å². The van der Waals surface area contributed by atoms with Crippen molar-refractivity contribution in [1.82, 2.24) is 0 Å². The molecule has 20 heavy (non-hydrogen) atoms. The van der Waals surface area contributed by atoms with Crippen LogP contribution < -0.4 is 5.73 Å². The van der Waals surface area contributed by atoms with Gasteiger partial charge in [-0.05, 0) is 23.8 Å². The van der Waals surface area contributed by atoms with E-state index in [1.165, 1.54) is 0 Å². The Labute approximate surface area is 114 Å². The van der Waals surface area contributed by atoms with Crippen LogP contribution in [0.4, 0.5) is 35.1 Å². The summed E-state index contributed by atoms with van der Waals surface area (Å²) in [7, 11) is 0. The minimum Gasteiger partial charge on any atom is -0.319 e. The van der Waals surface area contributed by atoms with E-state index in [1.807, 2.05) is 0 Å². The molecule has 0 fully saturated rings. The number of halogens is 9. The molecule has 0 heterocycles. The van der Waals surface area contributed by atoms with Gasteiger partial charge in [-0.2, -0.15) is 26.3 Å². The smallest absolute Gasteiger partial charge is 0.319 e. The van der Waals surface area contributed by atoms with E-state index in [2.05, 4.69) is 0 Å². The molecule has 0 aliphatic rings. The molecule has 1 aromatic rings. The molecular formula is C10H8ClF8N. The minimum atomic E-state index is -5.09. The van der Waals surface area contributed by atoms with Gasteiger partial charge in [-0.3, -0.25) is 0 Å². The fraction of sp³-hybridized carbons (Fsp3) is 0.400. The molecule has 2 N–H and O–H groups in total. The fourth-order valence-electron chi connectivity index (χ4n) is 1.32. The lowest BCUT2D eigenvalue weighted by Gasteiger charge is -2.17. The number of benzene rings is 1. The van der Waals surface area contributed by atoms with Crippen LogP contribution in [-0.2, 0) is 12.4 Å². The van der Waals surface area contributed by atoms with E-state index in [-0.39, 0.29) is 30.6 Å². The monoisotopic (exact) mass is 329 g/mol. The van der Waals surface area contributed by atoms with Gasteiger partial charge < -0.3 is 5.73 Å². The molecule has 0 saturated heterocycles. The summed E-state index contributed by atoms with van der Waals surface area (Å²) in [5.41, 5.74) is 0.613. The predicted octanol–water partition coefficient (Wildman–Crippen LogP) is 4.41. The molecule has 10 heteroatoms. The SMILES string of the molecule is Cl.N[C@@H](c1cc(C(F)(F)F)cc(C(F)(F)F)c1)C(F)F. The summed E-state index contributed by atoms with van der Waals surface area (Å²) in [6.45, 7) is 0. The molecule has 116 valence electrons. The maximum absolute atomic E-state index is 12.4. The van der Waals surface area contributed by atoms with E-state index in [9.17, 15) is 35.1 Å². The molecular weight excluding hydrogens is 322 g/mol. The molecule has 0 amide bonds. The van der Waals surface area contributed by atoms with Gasteiger partial charge in [0.15, 0.2) is 0 Å². The largest absolute Gasteiger partial charge is 0.416 e. The second kappa shape index (κ2) is 6.13. The molecule has 0 radical (unpaired) electrons. The Morgan fingerprint density at radius 2 is 1.15 bits per heavy atom. The highest BCUT2D eigenvalue weighted by Gasteiger charge is 2.37. The first-order valence-electron chi connectivity index (χ1n) is 4.76. The van der Waals surface area contributed by atoms with E-state index in [0.29, 0.717) is 0 Å². The topological polar surface area (TPSA) is 26.0 Å². The van der Waals surface area contributed by atoms with E-state index in [0.717, 1.165) is 0 Å². The lowest BCUT2D eigenvalue weighted by Crippen LogP contribution is -2.21. The van der Waals surface area contributed by atoms with Crippen LogP contribution >= 0.6 is 12.4 Å². The highest BCUT2D eigenvalue weighted by molar-refractivity contribution is 5.85. The Hall–Kier alpha value is -1.09. The van der Waals surface area contributed by atoms with Crippen molar-refractivity contribution in [2.45, 2.75) is 24.8 Å². The van der Waals surface area contributed by atoms with Gasteiger partial charge in [0.25, 0.3) is 6.43 Å². The minimum absolute atomic E-state index is 0. The zero-order valence-corrected chi connectivity index (χ0v) is 10.2. The van der Waals surface area contributed by atoms with Gasteiger partial charge >= 0.3 is 12.4 Å². The van der Waals surface area contributed by atoms with Crippen LogP contribution in [0.3, 0.4) is 0 Å². The van der Waals surface area contributed by atoms with Crippen molar-refractivity contribution >= 4 is 12.4 Å². The van der Waals surface area contributed by atoms with Crippen molar-refractivity contribution in [3.05, 3.63) is 34.9 Å². The van der Waals surface area contributed by atoms with Gasteiger partial charge in [0.2, 0.25) is 0 Å². The third-order valence-corrected chi connectivity index (χ3v) is 2.27. The molecule has 0 aromatic heterocycles. The summed E-state index contributed by atoms with van der Waals surface area (Å²) in [5, 5.41) is 0. The molecule has 0 aliphatic heterocycles. The maximum atomic E-state index is 12.4. The average molecular weight is 330 g/mol. The highest BCUT2D eigenvalue weighted by Crippen LogP contribution is 2.37. The van der Waals surface area contributed by atoms with Gasteiger partial charge in [0.1, 0.15) is 0 Å². The molecule has 0 unspecified atom stereocenters. The molecule has 1 aromatic carbocycles. The lowest BCUT2D eigenvalue weighted by molar-refractivity contribution is -0.143. The quantitative estimate of drug-likeness (QED) is 0.799. The van der Waals surface area contributed by atoms with Crippen LogP contribution in [0.25, 0.3) is 0 Å². The van der Waals surface area contributed by atoms with Crippen molar-refractivity contribution in [3.8, 4) is 0 Å². The number of nitrogens with two attached hydrogens (primary N) is 1. The van der Waals surface area contributed by atoms with E-state index in [1.54, 1.807) is 0 Å². The van der Waals surface area contributed by atoms with Crippen LogP contribution in [-0.4, -0.2) is 6.43 Å². The van der Waals surface area contributed by atoms with Crippen molar-refractivity contribution in [1.29, 1.82) is 0 Å². The highest BCUT2D eigenvalue weighted by atomic mass is 35.5. The second-order valence-corrected chi connectivity index (χ2v) is 3.70. The predicted molar refractivity (Wildman–Crippen MR) is 56.6 cm³/mol. The third kappa shape index (κ3) is 4.48. The number of alkyl halides is 8. The normalized spacial score (nSPS) is 14.1. The fourth-order valence-corrected chi connectivity index (χ4v) is 1.32. The van der Waals surface area contributed by atoms with Crippen LogP contribution in [0.2, 0.25) is 0 Å². The van der Waals surface area contributed by atoms with Gasteiger partial charge in [0.05, 0.1) is 17.2 Å². The molecule has 0 aliphatic carbocycles. The van der Waals surface area contributed by atoms with Crippen molar-refractivity contribution in [3.63, 3.8) is 0 Å². The van der Waals surface area contributed by atoms with Crippen molar-refractivity contribution in [2.75, 3.05) is 0 Å².